The molecule has 172 valence electrons. The second-order valence-electron chi connectivity index (χ2n) is 9.93. The van der Waals surface area contributed by atoms with Crippen molar-refractivity contribution in [2.75, 3.05) is 0 Å². The van der Waals surface area contributed by atoms with Gasteiger partial charge < -0.3 is 14.6 Å². The van der Waals surface area contributed by atoms with E-state index in [1.165, 1.54) is 24.8 Å². The van der Waals surface area contributed by atoms with Crippen LogP contribution in [-0.4, -0.2) is 28.9 Å². The van der Waals surface area contributed by atoms with Gasteiger partial charge in [-0.2, -0.15) is 0 Å². The van der Waals surface area contributed by atoms with Crippen LogP contribution in [0.15, 0.2) is 24.3 Å². The van der Waals surface area contributed by atoms with E-state index in [4.69, 9.17) is 9.47 Å². The van der Waals surface area contributed by atoms with E-state index in [1.807, 2.05) is 24.3 Å². The molecule has 2 aliphatic carbocycles. The van der Waals surface area contributed by atoms with Crippen molar-refractivity contribution in [3.63, 3.8) is 0 Å². The summed E-state index contributed by atoms with van der Waals surface area (Å²) in [5.41, 5.74) is 2.04. The molecule has 5 heteroatoms. The maximum absolute atomic E-state index is 12.7. The van der Waals surface area contributed by atoms with Crippen molar-refractivity contribution in [1.29, 1.82) is 0 Å². The Morgan fingerprint density at radius 2 is 1.68 bits per heavy atom. The summed E-state index contributed by atoms with van der Waals surface area (Å²) in [6, 6.07) is 7.95. The molecule has 5 nitrogen and oxygen atoms in total. The number of aliphatic hydroxyl groups excluding tert-OH is 1. The normalized spacial score (nSPS) is 23.4. The zero-order chi connectivity index (χ0) is 22.4. The number of ether oxygens (including phenoxy) is 2. The fraction of sp³-hybridized carbons (Fsp3) is 0.692. The van der Waals surface area contributed by atoms with Gasteiger partial charge in [0.1, 0.15) is 0 Å². The van der Waals surface area contributed by atoms with E-state index in [-0.39, 0.29) is 12.1 Å². The van der Waals surface area contributed by atoms with Gasteiger partial charge in [0.2, 0.25) is 0 Å². The van der Waals surface area contributed by atoms with Gasteiger partial charge in [0, 0.05) is 20.3 Å². The van der Waals surface area contributed by atoms with Crippen molar-refractivity contribution >= 4 is 11.9 Å². The van der Waals surface area contributed by atoms with Crippen LogP contribution in [0.4, 0.5) is 0 Å². The lowest BCUT2D eigenvalue weighted by atomic mass is 9.87. The maximum Gasteiger partial charge on any atom is 0.316 e. The summed E-state index contributed by atoms with van der Waals surface area (Å²) in [7, 11) is 0. The zero-order valence-corrected chi connectivity index (χ0v) is 19.3. The molecule has 0 aromatic heterocycles. The van der Waals surface area contributed by atoms with Gasteiger partial charge in [-0.1, -0.05) is 49.9 Å². The first-order chi connectivity index (χ1) is 14.7. The average molecular weight is 431 g/mol. The van der Waals surface area contributed by atoms with Crippen molar-refractivity contribution in [2.45, 2.75) is 103 Å². The Bertz CT molecular complexity index is 733. The number of carbonyl (C=O) groups is 2. The molecule has 1 N–H and O–H groups in total. The topological polar surface area (TPSA) is 72.8 Å². The SMILES string of the molecule is C[C@H](C(=O)OC(C)(C)OC(=O)CC1CCCCC1)c1ccc(C[C@H]2CCC[C@@H]2O)cc1. The molecule has 0 amide bonds. The summed E-state index contributed by atoms with van der Waals surface area (Å²) in [6.07, 6.45) is 9.86. The fourth-order valence-corrected chi connectivity index (χ4v) is 4.93. The highest BCUT2D eigenvalue weighted by molar-refractivity contribution is 5.78. The van der Waals surface area contributed by atoms with Gasteiger partial charge >= 0.3 is 11.9 Å². The number of rotatable bonds is 8. The standard InChI is InChI=1S/C26H38O5/c1-18(21-14-12-20(13-15-21)16-22-10-7-11-23(22)27)25(29)31-26(2,3)30-24(28)17-19-8-5-4-6-9-19/h12-15,18-19,22-23,27H,4-11,16-17H2,1-3H3/t18-,22+,23-/m0/s1. The second-order valence-corrected chi connectivity index (χ2v) is 9.93. The molecule has 2 aliphatic rings. The first-order valence-corrected chi connectivity index (χ1v) is 11.9. The van der Waals surface area contributed by atoms with Gasteiger partial charge in [-0.3, -0.25) is 9.59 Å². The highest BCUT2D eigenvalue weighted by atomic mass is 16.7. The van der Waals surface area contributed by atoms with Gasteiger partial charge in [-0.05, 0) is 62.0 Å². The van der Waals surface area contributed by atoms with Crippen LogP contribution in [0.2, 0.25) is 0 Å². The predicted molar refractivity (Wildman–Crippen MR) is 119 cm³/mol. The minimum atomic E-state index is -1.28. The van der Waals surface area contributed by atoms with Gasteiger partial charge in [0.15, 0.2) is 0 Å². The second kappa shape index (κ2) is 10.6. The van der Waals surface area contributed by atoms with Crippen molar-refractivity contribution < 1.29 is 24.2 Å². The van der Waals surface area contributed by atoms with E-state index in [9.17, 15) is 14.7 Å². The summed E-state index contributed by atoms with van der Waals surface area (Å²) >= 11 is 0. The number of carbonyl (C=O) groups excluding carboxylic acids is 2. The minimum Gasteiger partial charge on any atom is -0.423 e. The quantitative estimate of drug-likeness (QED) is 0.448. The van der Waals surface area contributed by atoms with Gasteiger partial charge in [0.05, 0.1) is 12.0 Å². The van der Waals surface area contributed by atoms with Gasteiger partial charge in [0.25, 0.3) is 5.79 Å². The zero-order valence-electron chi connectivity index (χ0n) is 19.3. The van der Waals surface area contributed by atoms with Crippen LogP contribution in [0.25, 0.3) is 0 Å². The Hall–Kier alpha value is -1.88. The molecule has 0 bridgehead atoms. The van der Waals surface area contributed by atoms with Crippen LogP contribution in [-0.2, 0) is 25.5 Å². The summed E-state index contributed by atoms with van der Waals surface area (Å²) in [5.74, 6) is -1.73. The largest absolute Gasteiger partial charge is 0.423 e. The van der Waals surface area contributed by atoms with Crippen molar-refractivity contribution in [1.82, 2.24) is 0 Å². The van der Waals surface area contributed by atoms with Crippen molar-refractivity contribution in [2.24, 2.45) is 11.8 Å². The van der Waals surface area contributed by atoms with Crippen LogP contribution in [0.3, 0.4) is 0 Å². The summed E-state index contributed by atoms with van der Waals surface area (Å²) in [6.45, 7) is 5.04. The third kappa shape index (κ3) is 7.06. The Morgan fingerprint density at radius 1 is 1.00 bits per heavy atom. The van der Waals surface area contributed by atoms with Crippen molar-refractivity contribution in [3.05, 3.63) is 35.4 Å². The number of aliphatic hydroxyl groups is 1. The molecule has 0 unspecified atom stereocenters. The lowest BCUT2D eigenvalue weighted by Crippen LogP contribution is -2.35. The molecule has 0 saturated heterocycles. The van der Waals surface area contributed by atoms with Crippen LogP contribution in [0, 0.1) is 11.8 Å². The number of hydrogen-bond donors (Lipinski definition) is 1. The first-order valence-electron chi connectivity index (χ1n) is 11.9. The Morgan fingerprint density at radius 3 is 2.29 bits per heavy atom. The van der Waals surface area contributed by atoms with E-state index in [0.717, 1.165) is 44.1 Å². The molecule has 0 spiro atoms. The van der Waals surface area contributed by atoms with E-state index < -0.39 is 17.7 Å². The molecule has 31 heavy (non-hydrogen) atoms. The molecule has 1 aromatic carbocycles. The average Bonchev–Trinajstić information content (AvgIpc) is 3.12. The Balaban J connectivity index is 1.49. The molecule has 2 fully saturated rings. The Kier molecular flexibility index (Phi) is 8.15. The molecule has 0 heterocycles. The fourth-order valence-electron chi connectivity index (χ4n) is 4.93. The van der Waals surface area contributed by atoms with Crippen molar-refractivity contribution in [3.8, 4) is 0 Å². The van der Waals surface area contributed by atoms with Gasteiger partial charge in [-0.15, -0.1) is 0 Å². The lowest BCUT2D eigenvalue weighted by Gasteiger charge is -2.28. The third-order valence-corrected chi connectivity index (χ3v) is 6.84. The summed E-state index contributed by atoms with van der Waals surface area (Å²) in [5, 5.41) is 10.0. The first kappa shape index (κ1) is 23.8. The summed E-state index contributed by atoms with van der Waals surface area (Å²) in [4.78, 5) is 25.0. The van der Waals surface area contributed by atoms with Crippen LogP contribution >= 0.6 is 0 Å². The minimum absolute atomic E-state index is 0.198. The molecule has 3 atom stereocenters. The molecule has 1 aromatic rings. The van der Waals surface area contributed by atoms with E-state index >= 15 is 0 Å². The highest BCUT2D eigenvalue weighted by Gasteiger charge is 2.31. The predicted octanol–water partition coefficient (Wildman–Crippen LogP) is 5.29. The van der Waals surface area contributed by atoms with Crippen LogP contribution in [0.5, 0.6) is 0 Å². The molecule has 3 rings (SSSR count). The number of hydrogen-bond acceptors (Lipinski definition) is 5. The number of esters is 2. The van der Waals surface area contributed by atoms with Crippen LogP contribution in [0.1, 0.15) is 95.6 Å². The molecular weight excluding hydrogens is 392 g/mol. The summed E-state index contributed by atoms with van der Waals surface area (Å²) < 4.78 is 11.0. The van der Waals surface area contributed by atoms with Crippen LogP contribution < -0.4 is 0 Å². The lowest BCUT2D eigenvalue weighted by molar-refractivity contribution is -0.217. The van der Waals surface area contributed by atoms with Gasteiger partial charge in [-0.25, -0.2) is 0 Å². The monoisotopic (exact) mass is 430 g/mol. The van der Waals surface area contributed by atoms with E-state index in [1.54, 1.807) is 20.8 Å². The smallest absolute Gasteiger partial charge is 0.316 e. The Labute approximate surface area is 186 Å². The highest BCUT2D eigenvalue weighted by Crippen LogP contribution is 2.30. The maximum atomic E-state index is 12.7. The third-order valence-electron chi connectivity index (χ3n) is 6.84. The molecule has 0 aliphatic heterocycles. The van der Waals surface area contributed by atoms with E-state index in [2.05, 4.69) is 0 Å². The molecular formula is C26H38O5. The molecule has 2 saturated carbocycles. The number of benzene rings is 1. The van der Waals surface area contributed by atoms with E-state index in [0.29, 0.717) is 18.3 Å². The molecule has 0 radical (unpaired) electrons.